The molecule has 0 atom stereocenters. The number of carbonyl (C=O) groups is 1. The Bertz CT molecular complexity index is 845. The molecule has 6 heteroatoms. The van der Waals surface area contributed by atoms with Crippen molar-refractivity contribution in [2.45, 2.75) is 13.3 Å². The lowest BCUT2D eigenvalue weighted by Gasteiger charge is -2.05. The van der Waals surface area contributed by atoms with E-state index in [9.17, 15) is 9.18 Å². The summed E-state index contributed by atoms with van der Waals surface area (Å²) in [7, 11) is 0. The molecule has 0 saturated heterocycles. The van der Waals surface area contributed by atoms with Crippen LogP contribution in [-0.2, 0) is 0 Å². The van der Waals surface area contributed by atoms with Crippen molar-refractivity contribution in [1.29, 1.82) is 0 Å². The maximum atomic E-state index is 13.1. The van der Waals surface area contributed by atoms with Crippen LogP contribution >= 0.6 is 0 Å². The molecule has 0 unspecified atom stereocenters. The number of benzene rings is 2. The molecule has 5 nitrogen and oxygen atoms in total. The highest BCUT2D eigenvalue weighted by molar-refractivity contribution is 6.04. The number of para-hydroxylation sites is 1. The van der Waals surface area contributed by atoms with Gasteiger partial charge in [0.15, 0.2) is 11.4 Å². The smallest absolute Gasteiger partial charge is 0.280 e. The Labute approximate surface area is 145 Å². The number of aromatic nitrogens is 2. The van der Waals surface area contributed by atoms with Gasteiger partial charge in [-0.15, -0.1) is 0 Å². The van der Waals surface area contributed by atoms with Gasteiger partial charge in [0.05, 0.1) is 18.5 Å². The van der Waals surface area contributed by atoms with Gasteiger partial charge in [-0.05, 0) is 42.8 Å². The average molecular weight is 339 g/mol. The molecule has 1 aromatic heterocycles. The van der Waals surface area contributed by atoms with Crippen LogP contribution in [0.1, 0.15) is 23.8 Å². The van der Waals surface area contributed by atoms with Crippen LogP contribution in [0.2, 0.25) is 0 Å². The maximum Gasteiger partial charge on any atom is 0.280 e. The summed E-state index contributed by atoms with van der Waals surface area (Å²) < 4.78 is 20.3. The van der Waals surface area contributed by atoms with Crippen LogP contribution in [0.4, 0.5) is 10.1 Å². The van der Waals surface area contributed by atoms with Crippen molar-refractivity contribution in [2.24, 2.45) is 0 Å². The van der Waals surface area contributed by atoms with Gasteiger partial charge >= 0.3 is 0 Å². The molecule has 0 saturated carbocycles. The van der Waals surface area contributed by atoms with E-state index >= 15 is 0 Å². The van der Waals surface area contributed by atoms with Crippen molar-refractivity contribution in [3.8, 4) is 11.4 Å². The molecule has 1 heterocycles. The minimum Gasteiger partial charge on any atom is -0.489 e. The van der Waals surface area contributed by atoms with E-state index in [1.165, 1.54) is 16.8 Å². The Morgan fingerprint density at radius 3 is 2.56 bits per heavy atom. The van der Waals surface area contributed by atoms with E-state index in [4.69, 9.17) is 4.74 Å². The summed E-state index contributed by atoms with van der Waals surface area (Å²) in [4.78, 5) is 12.6. The zero-order valence-corrected chi connectivity index (χ0v) is 13.8. The zero-order chi connectivity index (χ0) is 17.6. The number of anilines is 1. The first kappa shape index (κ1) is 16.7. The van der Waals surface area contributed by atoms with Crippen LogP contribution in [0, 0.1) is 5.82 Å². The molecule has 3 aromatic rings. The van der Waals surface area contributed by atoms with Crippen LogP contribution in [-0.4, -0.2) is 22.3 Å². The van der Waals surface area contributed by atoms with E-state index in [0.717, 1.165) is 6.42 Å². The van der Waals surface area contributed by atoms with E-state index in [2.05, 4.69) is 10.4 Å². The van der Waals surface area contributed by atoms with E-state index in [1.54, 1.807) is 30.5 Å². The highest BCUT2D eigenvalue weighted by Crippen LogP contribution is 2.22. The topological polar surface area (TPSA) is 56.2 Å². The summed E-state index contributed by atoms with van der Waals surface area (Å²) in [5.41, 5.74) is 1.49. The minimum atomic E-state index is -0.363. The summed E-state index contributed by atoms with van der Waals surface area (Å²) >= 11 is 0. The maximum absolute atomic E-state index is 13.1. The molecule has 1 amide bonds. The molecule has 1 N–H and O–H groups in total. The molecule has 0 radical (unpaired) electrons. The van der Waals surface area contributed by atoms with Crippen LogP contribution < -0.4 is 10.1 Å². The SMILES string of the molecule is CCCOc1cn(-c2ccc(F)cc2)nc1C(=O)Nc1ccccc1. The Morgan fingerprint density at radius 2 is 1.88 bits per heavy atom. The van der Waals surface area contributed by atoms with Gasteiger partial charge in [0.2, 0.25) is 0 Å². The van der Waals surface area contributed by atoms with Gasteiger partial charge in [0.1, 0.15) is 5.82 Å². The monoisotopic (exact) mass is 339 g/mol. The highest BCUT2D eigenvalue weighted by atomic mass is 19.1. The van der Waals surface area contributed by atoms with E-state index in [0.29, 0.717) is 23.7 Å². The Balaban J connectivity index is 1.90. The summed E-state index contributed by atoms with van der Waals surface area (Å²) in [6, 6.07) is 15.0. The number of ether oxygens (including phenoxy) is 1. The molecule has 25 heavy (non-hydrogen) atoms. The molecule has 0 bridgehead atoms. The van der Waals surface area contributed by atoms with Crippen molar-refractivity contribution in [2.75, 3.05) is 11.9 Å². The lowest BCUT2D eigenvalue weighted by molar-refractivity contribution is 0.101. The molecule has 128 valence electrons. The summed E-state index contributed by atoms with van der Waals surface area (Å²) in [6.45, 7) is 2.45. The minimum absolute atomic E-state index is 0.182. The second-order valence-electron chi connectivity index (χ2n) is 5.43. The van der Waals surface area contributed by atoms with Crippen molar-refractivity contribution >= 4 is 11.6 Å². The van der Waals surface area contributed by atoms with Crippen molar-refractivity contribution < 1.29 is 13.9 Å². The molecular formula is C19H18FN3O2. The van der Waals surface area contributed by atoms with Gasteiger partial charge in [-0.25, -0.2) is 9.07 Å². The lowest BCUT2D eigenvalue weighted by atomic mass is 10.3. The third-order valence-corrected chi connectivity index (χ3v) is 3.48. The largest absolute Gasteiger partial charge is 0.489 e. The number of nitrogens with zero attached hydrogens (tertiary/aromatic N) is 2. The van der Waals surface area contributed by atoms with Gasteiger partial charge < -0.3 is 10.1 Å². The van der Waals surface area contributed by atoms with Gasteiger partial charge in [-0.2, -0.15) is 5.10 Å². The van der Waals surface area contributed by atoms with Crippen LogP contribution in [0.15, 0.2) is 60.8 Å². The van der Waals surface area contributed by atoms with Crippen molar-refractivity contribution in [3.05, 3.63) is 72.3 Å². The van der Waals surface area contributed by atoms with Crippen LogP contribution in [0.5, 0.6) is 5.75 Å². The standard InChI is InChI=1S/C19H18FN3O2/c1-2-12-25-17-13-23(16-10-8-14(20)9-11-16)22-18(17)19(24)21-15-6-4-3-5-7-15/h3-11,13H,2,12H2,1H3,(H,21,24). The number of nitrogens with one attached hydrogen (secondary N) is 1. The fourth-order valence-electron chi connectivity index (χ4n) is 2.27. The van der Waals surface area contributed by atoms with Crippen LogP contribution in [0.3, 0.4) is 0 Å². The molecule has 0 aliphatic heterocycles. The normalized spacial score (nSPS) is 10.5. The molecule has 3 rings (SSSR count). The van der Waals surface area contributed by atoms with E-state index < -0.39 is 0 Å². The van der Waals surface area contributed by atoms with Crippen molar-refractivity contribution in [1.82, 2.24) is 9.78 Å². The van der Waals surface area contributed by atoms with E-state index in [1.807, 2.05) is 25.1 Å². The second-order valence-corrected chi connectivity index (χ2v) is 5.43. The quantitative estimate of drug-likeness (QED) is 0.737. The third-order valence-electron chi connectivity index (χ3n) is 3.48. The number of hydrogen-bond donors (Lipinski definition) is 1. The fraction of sp³-hybridized carbons (Fsp3) is 0.158. The van der Waals surface area contributed by atoms with Gasteiger partial charge in [0, 0.05) is 5.69 Å². The molecule has 0 aliphatic carbocycles. The summed E-state index contributed by atoms with van der Waals surface area (Å²) in [6.07, 6.45) is 2.43. The van der Waals surface area contributed by atoms with Crippen molar-refractivity contribution in [3.63, 3.8) is 0 Å². The number of amides is 1. The van der Waals surface area contributed by atoms with Gasteiger partial charge in [-0.3, -0.25) is 4.79 Å². The fourth-order valence-corrected chi connectivity index (χ4v) is 2.27. The van der Waals surface area contributed by atoms with Gasteiger partial charge in [-0.1, -0.05) is 25.1 Å². The Hall–Kier alpha value is -3.15. The lowest BCUT2D eigenvalue weighted by Crippen LogP contribution is -2.14. The third kappa shape index (κ3) is 4.03. The predicted octanol–water partition coefficient (Wildman–Crippen LogP) is 4.05. The summed E-state index contributed by atoms with van der Waals surface area (Å²) in [5, 5.41) is 7.11. The Kier molecular flexibility index (Phi) is 5.09. The second kappa shape index (κ2) is 7.61. The average Bonchev–Trinajstić information content (AvgIpc) is 3.06. The van der Waals surface area contributed by atoms with E-state index in [-0.39, 0.29) is 17.4 Å². The number of halogens is 1. The molecular weight excluding hydrogens is 321 g/mol. The molecule has 2 aromatic carbocycles. The van der Waals surface area contributed by atoms with Gasteiger partial charge in [0.25, 0.3) is 5.91 Å². The Morgan fingerprint density at radius 1 is 1.16 bits per heavy atom. The molecule has 0 fully saturated rings. The zero-order valence-electron chi connectivity index (χ0n) is 13.8. The first-order valence-corrected chi connectivity index (χ1v) is 8.02. The first-order valence-electron chi connectivity index (χ1n) is 8.02. The van der Waals surface area contributed by atoms with Crippen LogP contribution in [0.25, 0.3) is 5.69 Å². The number of carbonyl (C=O) groups excluding carboxylic acids is 1. The molecule has 0 aliphatic rings. The molecule has 0 spiro atoms. The highest BCUT2D eigenvalue weighted by Gasteiger charge is 2.19. The number of rotatable bonds is 6. The first-order chi connectivity index (χ1) is 12.2. The predicted molar refractivity (Wildman–Crippen MR) is 93.7 cm³/mol. The number of hydrogen-bond acceptors (Lipinski definition) is 3. The summed E-state index contributed by atoms with van der Waals surface area (Å²) in [5.74, 6) is -0.307.